The van der Waals surface area contributed by atoms with E-state index in [9.17, 15) is 0 Å². The fraction of sp³-hybridized carbons (Fsp3) is 0.353. The Bertz CT molecular complexity index is 600. The van der Waals surface area contributed by atoms with Crippen LogP contribution in [0.3, 0.4) is 0 Å². The largest absolute Gasteiger partial charge is 0.439 e. The molecule has 0 atom stereocenters. The molecule has 2 N–H and O–H groups in total. The van der Waals surface area contributed by atoms with Crippen molar-refractivity contribution in [2.24, 2.45) is 5.73 Å². The van der Waals surface area contributed by atoms with Gasteiger partial charge in [-0.05, 0) is 36.2 Å². The molecule has 1 aromatic heterocycles. The van der Waals surface area contributed by atoms with Crippen molar-refractivity contribution in [3.63, 3.8) is 0 Å². The SMILES string of the molecule is Cc1cccc(Oc2cc(CN)cc(C(C)(C)C)n2)c1. The number of pyridine rings is 1. The molecule has 0 fully saturated rings. The van der Waals surface area contributed by atoms with Crippen LogP contribution in [0, 0.1) is 6.92 Å². The van der Waals surface area contributed by atoms with Crippen molar-refractivity contribution < 1.29 is 4.74 Å². The van der Waals surface area contributed by atoms with Crippen LogP contribution in [0.15, 0.2) is 36.4 Å². The van der Waals surface area contributed by atoms with Gasteiger partial charge < -0.3 is 10.5 Å². The molecule has 0 aliphatic rings. The maximum absolute atomic E-state index is 5.87. The highest BCUT2D eigenvalue weighted by molar-refractivity contribution is 5.34. The molecule has 20 heavy (non-hydrogen) atoms. The van der Waals surface area contributed by atoms with Crippen molar-refractivity contribution in [2.45, 2.75) is 39.7 Å². The summed E-state index contributed by atoms with van der Waals surface area (Å²) >= 11 is 0. The highest BCUT2D eigenvalue weighted by Gasteiger charge is 2.17. The van der Waals surface area contributed by atoms with E-state index < -0.39 is 0 Å². The molecule has 0 aliphatic carbocycles. The number of hydrogen-bond acceptors (Lipinski definition) is 3. The van der Waals surface area contributed by atoms with Crippen LogP contribution < -0.4 is 10.5 Å². The summed E-state index contributed by atoms with van der Waals surface area (Å²) in [5.74, 6) is 1.40. The van der Waals surface area contributed by atoms with E-state index in [1.165, 1.54) is 0 Å². The number of aromatic nitrogens is 1. The van der Waals surface area contributed by atoms with Crippen molar-refractivity contribution >= 4 is 0 Å². The number of nitrogens with two attached hydrogens (primary N) is 1. The summed E-state index contributed by atoms with van der Waals surface area (Å²) in [4.78, 5) is 4.60. The second kappa shape index (κ2) is 5.63. The average Bonchev–Trinajstić information content (AvgIpc) is 2.37. The molecule has 1 heterocycles. The Kier molecular flexibility index (Phi) is 4.09. The molecule has 0 bridgehead atoms. The maximum Gasteiger partial charge on any atom is 0.219 e. The molecule has 1 aromatic carbocycles. The van der Waals surface area contributed by atoms with Crippen molar-refractivity contribution in [1.82, 2.24) is 4.98 Å². The summed E-state index contributed by atoms with van der Waals surface area (Å²) in [5.41, 5.74) is 8.92. The molecule has 0 spiro atoms. The zero-order chi connectivity index (χ0) is 14.8. The number of rotatable bonds is 3. The van der Waals surface area contributed by atoms with Gasteiger partial charge in [-0.15, -0.1) is 0 Å². The molecule has 0 amide bonds. The lowest BCUT2D eigenvalue weighted by molar-refractivity contribution is 0.450. The second-order valence-electron chi connectivity index (χ2n) is 6.07. The van der Waals surface area contributed by atoms with E-state index in [1.807, 2.05) is 43.3 Å². The van der Waals surface area contributed by atoms with Gasteiger partial charge in [0.15, 0.2) is 0 Å². The molecule has 2 rings (SSSR count). The van der Waals surface area contributed by atoms with Crippen LogP contribution in [0.1, 0.15) is 37.6 Å². The first-order valence-corrected chi connectivity index (χ1v) is 6.84. The predicted octanol–water partition coefficient (Wildman–Crippen LogP) is 3.94. The van der Waals surface area contributed by atoms with Crippen LogP contribution in [0.4, 0.5) is 0 Å². The van der Waals surface area contributed by atoms with Crippen LogP contribution in [0.2, 0.25) is 0 Å². The van der Waals surface area contributed by atoms with Gasteiger partial charge in [0.2, 0.25) is 5.88 Å². The Balaban J connectivity index is 2.36. The lowest BCUT2D eigenvalue weighted by Crippen LogP contribution is -2.15. The summed E-state index contributed by atoms with van der Waals surface area (Å²) in [6, 6.07) is 11.9. The molecule has 0 unspecified atom stereocenters. The van der Waals surface area contributed by atoms with Gasteiger partial charge in [0, 0.05) is 18.0 Å². The van der Waals surface area contributed by atoms with E-state index in [0.717, 1.165) is 22.6 Å². The quantitative estimate of drug-likeness (QED) is 0.919. The van der Waals surface area contributed by atoms with Gasteiger partial charge >= 0.3 is 0 Å². The topological polar surface area (TPSA) is 48.1 Å². The Morgan fingerprint density at radius 3 is 2.50 bits per heavy atom. The van der Waals surface area contributed by atoms with Gasteiger partial charge in [-0.1, -0.05) is 32.9 Å². The molecule has 106 valence electrons. The maximum atomic E-state index is 5.87. The minimum absolute atomic E-state index is 0.0319. The molecular formula is C17H22N2O. The van der Waals surface area contributed by atoms with Crippen molar-refractivity contribution in [1.29, 1.82) is 0 Å². The van der Waals surface area contributed by atoms with E-state index in [2.05, 4.69) is 25.8 Å². The van der Waals surface area contributed by atoms with E-state index in [0.29, 0.717) is 12.4 Å². The van der Waals surface area contributed by atoms with E-state index >= 15 is 0 Å². The molecule has 0 saturated carbocycles. The van der Waals surface area contributed by atoms with Crippen LogP contribution >= 0.6 is 0 Å². The molecule has 3 nitrogen and oxygen atoms in total. The molecule has 0 saturated heterocycles. The van der Waals surface area contributed by atoms with Crippen LogP contribution in [-0.4, -0.2) is 4.98 Å². The van der Waals surface area contributed by atoms with Gasteiger partial charge in [0.25, 0.3) is 0 Å². The highest BCUT2D eigenvalue weighted by atomic mass is 16.5. The van der Waals surface area contributed by atoms with Crippen molar-refractivity contribution in [2.75, 3.05) is 0 Å². The average molecular weight is 270 g/mol. The number of nitrogens with zero attached hydrogens (tertiary/aromatic N) is 1. The van der Waals surface area contributed by atoms with E-state index in [1.54, 1.807) is 0 Å². The van der Waals surface area contributed by atoms with Gasteiger partial charge in [0.05, 0.1) is 5.69 Å². The Morgan fingerprint density at radius 2 is 1.90 bits per heavy atom. The fourth-order valence-electron chi connectivity index (χ4n) is 1.91. The summed E-state index contributed by atoms with van der Waals surface area (Å²) in [7, 11) is 0. The molecule has 2 aromatic rings. The minimum atomic E-state index is -0.0319. The molecule has 0 aliphatic heterocycles. The first-order chi connectivity index (χ1) is 9.38. The summed E-state index contributed by atoms with van der Waals surface area (Å²) in [6.07, 6.45) is 0. The summed E-state index contributed by atoms with van der Waals surface area (Å²) in [5, 5.41) is 0. The summed E-state index contributed by atoms with van der Waals surface area (Å²) < 4.78 is 5.87. The van der Waals surface area contributed by atoms with Gasteiger partial charge in [-0.25, -0.2) is 4.98 Å². The first kappa shape index (κ1) is 14.5. The number of benzene rings is 1. The summed E-state index contributed by atoms with van der Waals surface area (Å²) in [6.45, 7) is 8.91. The fourth-order valence-corrected chi connectivity index (χ4v) is 1.91. The molecular weight excluding hydrogens is 248 g/mol. The molecule has 0 radical (unpaired) electrons. The van der Waals surface area contributed by atoms with Gasteiger partial charge in [-0.2, -0.15) is 0 Å². The van der Waals surface area contributed by atoms with Crippen molar-refractivity contribution in [3.8, 4) is 11.6 Å². The van der Waals surface area contributed by atoms with E-state index in [4.69, 9.17) is 10.5 Å². The lowest BCUT2D eigenvalue weighted by atomic mass is 9.91. The predicted molar refractivity (Wildman–Crippen MR) is 82.1 cm³/mol. The zero-order valence-electron chi connectivity index (χ0n) is 12.6. The standard InChI is InChI=1S/C17H22N2O/c1-12-6-5-7-14(8-12)20-16-10-13(11-18)9-15(19-16)17(2,3)4/h5-10H,11,18H2,1-4H3. The number of hydrogen-bond donors (Lipinski definition) is 1. The van der Waals surface area contributed by atoms with Crippen LogP contribution in [-0.2, 0) is 12.0 Å². The Labute approximate surface area is 120 Å². The number of aryl methyl sites for hydroxylation is 1. The molecule has 3 heteroatoms. The third-order valence-corrected chi connectivity index (χ3v) is 3.08. The zero-order valence-corrected chi connectivity index (χ0v) is 12.6. The third kappa shape index (κ3) is 3.58. The smallest absolute Gasteiger partial charge is 0.219 e. The van der Waals surface area contributed by atoms with Crippen molar-refractivity contribution in [3.05, 3.63) is 53.2 Å². The number of ether oxygens (including phenoxy) is 1. The van der Waals surface area contributed by atoms with E-state index in [-0.39, 0.29) is 5.41 Å². The van der Waals surface area contributed by atoms with Gasteiger partial charge in [-0.3, -0.25) is 0 Å². The normalized spacial score (nSPS) is 11.4. The Morgan fingerprint density at radius 1 is 1.15 bits per heavy atom. The third-order valence-electron chi connectivity index (χ3n) is 3.08. The second-order valence-corrected chi connectivity index (χ2v) is 6.07. The minimum Gasteiger partial charge on any atom is -0.439 e. The Hall–Kier alpha value is -1.87. The lowest BCUT2D eigenvalue weighted by Gasteiger charge is -2.19. The monoisotopic (exact) mass is 270 g/mol. The van der Waals surface area contributed by atoms with Gasteiger partial charge in [0.1, 0.15) is 5.75 Å². The first-order valence-electron chi connectivity index (χ1n) is 6.84. The van der Waals surface area contributed by atoms with Crippen LogP contribution in [0.5, 0.6) is 11.6 Å². The van der Waals surface area contributed by atoms with Crippen LogP contribution in [0.25, 0.3) is 0 Å². The highest BCUT2D eigenvalue weighted by Crippen LogP contribution is 2.27.